The van der Waals surface area contributed by atoms with E-state index in [4.69, 9.17) is 9.47 Å². The maximum atomic E-state index is 13.3. The summed E-state index contributed by atoms with van der Waals surface area (Å²) >= 11 is 0. The van der Waals surface area contributed by atoms with E-state index >= 15 is 0 Å². The molecular weight excluding hydrogens is 197 g/mol. The first-order chi connectivity index (χ1) is 7.27. The third-order valence-electron chi connectivity index (χ3n) is 2.02. The number of ether oxygens (including phenoxy) is 2. The monoisotopic (exact) mass is 213 g/mol. The molecule has 0 saturated carbocycles. The molecule has 0 aliphatic carbocycles. The van der Waals surface area contributed by atoms with E-state index in [-0.39, 0.29) is 12.4 Å². The Kier molecular flexibility index (Phi) is 5.07. The summed E-state index contributed by atoms with van der Waals surface area (Å²) < 4.78 is 23.3. The molecular formula is C11H16FNO2. The molecule has 0 aromatic heterocycles. The zero-order valence-electron chi connectivity index (χ0n) is 9.05. The summed E-state index contributed by atoms with van der Waals surface area (Å²) in [5.41, 5.74) is 1.43. The Hall–Kier alpha value is -1.13. The predicted octanol–water partition coefficient (Wildman–Crippen LogP) is 2.03. The van der Waals surface area contributed by atoms with Crippen molar-refractivity contribution in [3.8, 4) is 0 Å². The Balaban J connectivity index is 2.51. The van der Waals surface area contributed by atoms with Crippen LogP contribution in [-0.4, -0.2) is 27.4 Å². The first kappa shape index (κ1) is 11.9. The van der Waals surface area contributed by atoms with Gasteiger partial charge in [-0.1, -0.05) is 0 Å². The molecule has 1 N–H and O–H groups in total. The second kappa shape index (κ2) is 6.37. The van der Waals surface area contributed by atoms with Crippen LogP contribution in [0.4, 0.5) is 10.1 Å². The van der Waals surface area contributed by atoms with Crippen LogP contribution in [0.1, 0.15) is 5.56 Å². The molecule has 0 unspecified atom stereocenters. The largest absolute Gasteiger partial charge is 0.388 e. The first-order valence-electron chi connectivity index (χ1n) is 4.80. The fourth-order valence-electron chi connectivity index (χ4n) is 1.17. The van der Waals surface area contributed by atoms with Crippen LogP contribution >= 0.6 is 0 Å². The Bertz CT molecular complexity index is 305. The maximum absolute atomic E-state index is 13.3. The second-order valence-electron chi connectivity index (χ2n) is 3.10. The molecule has 1 aromatic carbocycles. The summed E-state index contributed by atoms with van der Waals surface area (Å²) in [6, 6.07) is 4.86. The van der Waals surface area contributed by atoms with Crippen molar-refractivity contribution in [2.75, 3.05) is 32.7 Å². The van der Waals surface area contributed by atoms with Gasteiger partial charge in [0, 0.05) is 25.4 Å². The molecule has 4 heteroatoms. The molecule has 0 bridgehead atoms. The fraction of sp³-hybridized carbons (Fsp3) is 0.455. The van der Waals surface area contributed by atoms with Gasteiger partial charge >= 0.3 is 0 Å². The average Bonchev–Trinajstić information content (AvgIpc) is 2.26. The molecule has 84 valence electrons. The van der Waals surface area contributed by atoms with Crippen LogP contribution in [0.5, 0.6) is 0 Å². The molecule has 0 saturated heterocycles. The summed E-state index contributed by atoms with van der Waals surface area (Å²) in [4.78, 5) is 0. The van der Waals surface area contributed by atoms with Crippen molar-refractivity contribution < 1.29 is 13.9 Å². The van der Waals surface area contributed by atoms with Gasteiger partial charge in [-0.2, -0.15) is 0 Å². The van der Waals surface area contributed by atoms with E-state index < -0.39 is 0 Å². The SMILES string of the molecule is CNc1ccc(F)c(COCCOC)c1. The van der Waals surface area contributed by atoms with E-state index in [0.717, 1.165) is 5.69 Å². The average molecular weight is 213 g/mol. The van der Waals surface area contributed by atoms with E-state index in [2.05, 4.69) is 5.32 Å². The smallest absolute Gasteiger partial charge is 0.128 e. The zero-order chi connectivity index (χ0) is 11.1. The lowest BCUT2D eigenvalue weighted by Crippen LogP contribution is -2.03. The number of anilines is 1. The molecule has 0 aliphatic heterocycles. The van der Waals surface area contributed by atoms with Crippen molar-refractivity contribution in [2.24, 2.45) is 0 Å². The first-order valence-corrected chi connectivity index (χ1v) is 4.80. The van der Waals surface area contributed by atoms with Crippen LogP contribution in [0.25, 0.3) is 0 Å². The van der Waals surface area contributed by atoms with Crippen LogP contribution in [0.15, 0.2) is 18.2 Å². The number of halogens is 1. The Morgan fingerprint density at radius 2 is 2.13 bits per heavy atom. The summed E-state index contributed by atoms with van der Waals surface area (Å²) in [5.74, 6) is -0.244. The number of methoxy groups -OCH3 is 1. The Morgan fingerprint density at radius 3 is 2.80 bits per heavy atom. The minimum absolute atomic E-state index is 0.244. The quantitative estimate of drug-likeness (QED) is 0.733. The highest BCUT2D eigenvalue weighted by molar-refractivity contribution is 5.45. The van der Waals surface area contributed by atoms with Gasteiger partial charge in [-0.05, 0) is 18.2 Å². The second-order valence-corrected chi connectivity index (χ2v) is 3.10. The number of rotatable bonds is 6. The van der Waals surface area contributed by atoms with Gasteiger partial charge in [0.15, 0.2) is 0 Å². The molecule has 0 fully saturated rings. The molecule has 1 rings (SSSR count). The van der Waals surface area contributed by atoms with E-state index in [0.29, 0.717) is 18.8 Å². The van der Waals surface area contributed by atoms with E-state index in [1.165, 1.54) is 6.07 Å². The molecule has 0 radical (unpaired) electrons. The minimum atomic E-state index is -0.244. The summed E-state index contributed by atoms with van der Waals surface area (Å²) in [7, 11) is 3.40. The van der Waals surface area contributed by atoms with Crippen LogP contribution in [0, 0.1) is 5.82 Å². The van der Waals surface area contributed by atoms with Crippen LogP contribution in [-0.2, 0) is 16.1 Å². The highest BCUT2D eigenvalue weighted by atomic mass is 19.1. The lowest BCUT2D eigenvalue weighted by molar-refractivity contribution is 0.0604. The number of hydrogen-bond acceptors (Lipinski definition) is 3. The molecule has 0 spiro atoms. The van der Waals surface area contributed by atoms with Crippen molar-refractivity contribution in [1.82, 2.24) is 0 Å². The topological polar surface area (TPSA) is 30.5 Å². The standard InChI is InChI=1S/C11H16FNO2/c1-13-10-3-4-11(12)9(7-10)8-15-6-5-14-2/h3-4,7,13H,5-6,8H2,1-2H3. The third-order valence-corrected chi connectivity index (χ3v) is 2.02. The van der Waals surface area contributed by atoms with Crippen molar-refractivity contribution >= 4 is 5.69 Å². The number of hydrogen-bond donors (Lipinski definition) is 1. The van der Waals surface area contributed by atoms with Gasteiger partial charge in [0.2, 0.25) is 0 Å². The van der Waals surface area contributed by atoms with Gasteiger partial charge in [-0.25, -0.2) is 4.39 Å². The highest BCUT2D eigenvalue weighted by Crippen LogP contribution is 2.14. The van der Waals surface area contributed by atoms with Crippen LogP contribution in [0.2, 0.25) is 0 Å². The van der Waals surface area contributed by atoms with Gasteiger partial charge in [0.05, 0.1) is 19.8 Å². The van der Waals surface area contributed by atoms with Crippen molar-refractivity contribution in [1.29, 1.82) is 0 Å². The van der Waals surface area contributed by atoms with Gasteiger partial charge in [-0.15, -0.1) is 0 Å². The normalized spacial score (nSPS) is 10.3. The van der Waals surface area contributed by atoms with Gasteiger partial charge < -0.3 is 14.8 Å². The fourth-order valence-corrected chi connectivity index (χ4v) is 1.17. The molecule has 1 aromatic rings. The van der Waals surface area contributed by atoms with Gasteiger partial charge in [0.1, 0.15) is 5.82 Å². The summed E-state index contributed by atoms with van der Waals surface area (Å²) in [6.45, 7) is 1.26. The van der Waals surface area contributed by atoms with Crippen LogP contribution < -0.4 is 5.32 Å². The van der Waals surface area contributed by atoms with E-state index in [1.54, 1.807) is 26.3 Å². The Morgan fingerprint density at radius 1 is 1.33 bits per heavy atom. The lowest BCUT2D eigenvalue weighted by Gasteiger charge is -2.07. The molecule has 0 amide bonds. The minimum Gasteiger partial charge on any atom is -0.388 e. The highest BCUT2D eigenvalue weighted by Gasteiger charge is 2.02. The molecule has 3 nitrogen and oxygen atoms in total. The summed E-state index contributed by atoms with van der Waals surface area (Å²) in [6.07, 6.45) is 0. The third kappa shape index (κ3) is 3.85. The Labute approximate surface area is 89.2 Å². The number of benzene rings is 1. The van der Waals surface area contributed by atoms with E-state index in [1.807, 2.05) is 0 Å². The molecule has 0 heterocycles. The molecule has 0 aliphatic rings. The number of nitrogens with one attached hydrogen (secondary N) is 1. The van der Waals surface area contributed by atoms with E-state index in [9.17, 15) is 4.39 Å². The predicted molar refractivity (Wildman–Crippen MR) is 57.5 cm³/mol. The maximum Gasteiger partial charge on any atom is 0.128 e. The lowest BCUT2D eigenvalue weighted by atomic mass is 10.2. The molecule has 0 atom stereocenters. The van der Waals surface area contributed by atoms with Crippen molar-refractivity contribution in [3.05, 3.63) is 29.6 Å². The van der Waals surface area contributed by atoms with Crippen LogP contribution in [0.3, 0.4) is 0 Å². The van der Waals surface area contributed by atoms with Crippen molar-refractivity contribution in [2.45, 2.75) is 6.61 Å². The van der Waals surface area contributed by atoms with Crippen molar-refractivity contribution in [3.63, 3.8) is 0 Å². The summed E-state index contributed by atoms with van der Waals surface area (Å²) in [5, 5.41) is 2.95. The molecule has 15 heavy (non-hydrogen) atoms. The zero-order valence-corrected chi connectivity index (χ0v) is 9.05. The van der Waals surface area contributed by atoms with Gasteiger partial charge in [0.25, 0.3) is 0 Å². The van der Waals surface area contributed by atoms with Gasteiger partial charge in [-0.3, -0.25) is 0 Å².